The number of thioether (sulfide) groups is 1. The molecular weight excluding hydrogens is 454 g/mol. The fourth-order valence-corrected chi connectivity index (χ4v) is 5.17. The van der Waals surface area contributed by atoms with Gasteiger partial charge in [-0.05, 0) is 72.4 Å². The zero-order chi connectivity index (χ0) is 23.5. The Morgan fingerprint density at radius 2 is 1.71 bits per heavy atom. The van der Waals surface area contributed by atoms with Gasteiger partial charge in [0.25, 0.3) is 5.91 Å². The number of carbonyl (C=O) groups excluding carboxylic acids is 1. The summed E-state index contributed by atoms with van der Waals surface area (Å²) >= 11 is 1.26. The second-order valence-electron chi connectivity index (χ2n) is 8.26. The molecule has 1 saturated carbocycles. The first-order chi connectivity index (χ1) is 16.6. The van der Waals surface area contributed by atoms with Crippen molar-refractivity contribution in [2.24, 2.45) is 11.0 Å². The number of benzene rings is 2. The lowest BCUT2D eigenvalue weighted by Gasteiger charge is -2.29. The van der Waals surface area contributed by atoms with E-state index in [0.717, 1.165) is 41.7 Å². The van der Waals surface area contributed by atoms with E-state index in [2.05, 4.69) is 9.97 Å². The zero-order valence-electron chi connectivity index (χ0n) is 18.3. The minimum absolute atomic E-state index is 0.00725. The van der Waals surface area contributed by atoms with E-state index in [9.17, 15) is 13.6 Å². The Kier molecular flexibility index (Phi) is 6.49. The van der Waals surface area contributed by atoms with Crippen LogP contribution in [-0.4, -0.2) is 32.3 Å². The van der Waals surface area contributed by atoms with Crippen LogP contribution in [0.5, 0.6) is 0 Å². The van der Waals surface area contributed by atoms with Crippen LogP contribution in [0.25, 0.3) is 6.08 Å². The third-order valence-electron chi connectivity index (χ3n) is 6.05. The number of carbonyl (C=O) groups is 1. The maximum atomic E-state index is 13.6. The van der Waals surface area contributed by atoms with Gasteiger partial charge in [0.2, 0.25) is 0 Å². The Balaban J connectivity index is 1.47. The molecule has 0 bridgehead atoms. The molecule has 2 aliphatic rings. The molecule has 5 nitrogen and oxygen atoms in total. The highest BCUT2D eigenvalue weighted by Crippen LogP contribution is 2.44. The van der Waals surface area contributed by atoms with Crippen LogP contribution >= 0.6 is 11.8 Å². The van der Waals surface area contributed by atoms with Crippen LogP contribution in [0.1, 0.15) is 36.4 Å². The van der Waals surface area contributed by atoms with E-state index in [1.165, 1.54) is 36.0 Å². The summed E-state index contributed by atoms with van der Waals surface area (Å²) in [5.74, 6) is -0.613. The van der Waals surface area contributed by atoms with Crippen molar-refractivity contribution in [1.82, 2.24) is 15.0 Å². The van der Waals surface area contributed by atoms with E-state index >= 15 is 0 Å². The number of allylic oxidation sites excluding steroid dienone is 1. The minimum Gasteiger partial charge on any atom is -0.272 e. The molecule has 0 saturated heterocycles. The molecule has 0 radical (unpaired) electrons. The van der Waals surface area contributed by atoms with Gasteiger partial charge < -0.3 is 0 Å². The normalized spacial score (nSPS) is 20.8. The fraction of sp³-hybridized carbons (Fsp3) is 0.231. The first-order valence-corrected chi connectivity index (χ1v) is 12.1. The smallest absolute Gasteiger partial charge is 0.253 e. The summed E-state index contributed by atoms with van der Waals surface area (Å²) in [5, 5.41) is 6.88. The predicted octanol–water partition coefficient (Wildman–Crippen LogP) is 5.67. The summed E-state index contributed by atoms with van der Waals surface area (Å²) in [7, 11) is 0. The van der Waals surface area contributed by atoms with Crippen LogP contribution in [0.3, 0.4) is 0 Å². The van der Waals surface area contributed by atoms with E-state index in [1.54, 1.807) is 47.7 Å². The summed E-state index contributed by atoms with van der Waals surface area (Å²) in [6, 6.07) is 14.0. The van der Waals surface area contributed by atoms with Gasteiger partial charge in [-0.25, -0.2) is 23.8 Å². The van der Waals surface area contributed by atoms with Crippen LogP contribution < -0.4 is 0 Å². The molecule has 0 N–H and O–H groups in total. The average Bonchev–Trinajstić information content (AvgIpc) is 3.26. The molecule has 1 amide bonds. The van der Waals surface area contributed by atoms with E-state index in [0.29, 0.717) is 5.16 Å². The maximum Gasteiger partial charge on any atom is 0.253 e. The molecule has 2 atom stereocenters. The summed E-state index contributed by atoms with van der Waals surface area (Å²) in [4.78, 5) is 21.7. The summed E-state index contributed by atoms with van der Waals surface area (Å²) < 4.78 is 27.0. The van der Waals surface area contributed by atoms with Crippen molar-refractivity contribution in [1.29, 1.82) is 0 Å². The molecule has 34 heavy (non-hydrogen) atoms. The predicted molar refractivity (Wildman–Crippen MR) is 128 cm³/mol. The average molecular weight is 477 g/mol. The van der Waals surface area contributed by atoms with Gasteiger partial charge in [0.1, 0.15) is 11.6 Å². The molecule has 1 aromatic heterocycles. The van der Waals surface area contributed by atoms with Gasteiger partial charge in [0, 0.05) is 18.3 Å². The van der Waals surface area contributed by atoms with Crippen LogP contribution in [0.2, 0.25) is 0 Å². The van der Waals surface area contributed by atoms with Gasteiger partial charge in [-0.1, -0.05) is 36.0 Å². The molecule has 3 aromatic rings. The minimum atomic E-state index is -0.321. The molecular formula is C26H22F2N4OS. The number of nitrogens with zero attached hydrogens (tertiary/aromatic N) is 4. The number of aromatic nitrogens is 2. The van der Waals surface area contributed by atoms with Crippen molar-refractivity contribution < 1.29 is 13.6 Å². The third-order valence-corrected chi connectivity index (χ3v) is 6.91. The van der Waals surface area contributed by atoms with Crippen molar-refractivity contribution in [3.63, 3.8) is 0 Å². The quantitative estimate of drug-likeness (QED) is 0.352. The molecule has 8 heteroatoms. The molecule has 0 spiro atoms. The highest BCUT2D eigenvalue weighted by molar-refractivity contribution is 7.99. The van der Waals surface area contributed by atoms with Crippen molar-refractivity contribution >= 4 is 29.5 Å². The first kappa shape index (κ1) is 22.4. The Bertz CT molecular complexity index is 1230. The second kappa shape index (κ2) is 9.85. The van der Waals surface area contributed by atoms with E-state index in [4.69, 9.17) is 5.10 Å². The number of hydrogen-bond donors (Lipinski definition) is 0. The van der Waals surface area contributed by atoms with Crippen molar-refractivity contribution in [3.05, 3.63) is 95.3 Å². The Morgan fingerprint density at radius 3 is 2.41 bits per heavy atom. The lowest BCUT2D eigenvalue weighted by Crippen LogP contribution is -2.32. The molecule has 2 unspecified atom stereocenters. The number of amides is 1. The summed E-state index contributed by atoms with van der Waals surface area (Å²) in [5.41, 5.74) is 3.66. The monoisotopic (exact) mass is 476 g/mol. The van der Waals surface area contributed by atoms with Gasteiger partial charge in [-0.3, -0.25) is 4.79 Å². The number of fused-ring (bicyclic) bond motifs is 1. The largest absolute Gasteiger partial charge is 0.272 e. The molecule has 1 aliphatic carbocycles. The third kappa shape index (κ3) is 4.77. The summed E-state index contributed by atoms with van der Waals surface area (Å²) in [6.07, 6.45) is 7.95. The van der Waals surface area contributed by atoms with Gasteiger partial charge >= 0.3 is 0 Å². The highest BCUT2D eigenvalue weighted by atomic mass is 32.2. The topological polar surface area (TPSA) is 58.5 Å². The van der Waals surface area contributed by atoms with Gasteiger partial charge in [-0.15, -0.1) is 0 Å². The first-order valence-electron chi connectivity index (χ1n) is 11.1. The van der Waals surface area contributed by atoms with Crippen LogP contribution in [-0.2, 0) is 4.79 Å². The SMILES string of the molecule is O=C(CSc1ncccn1)N1N=C2C(=Cc3ccc(F)cc3)CCCC2C1c1ccc(F)cc1. The lowest BCUT2D eigenvalue weighted by atomic mass is 9.77. The van der Waals surface area contributed by atoms with Crippen LogP contribution in [0, 0.1) is 17.6 Å². The van der Waals surface area contributed by atoms with E-state index in [-0.39, 0.29) is 35.3 Å². The van der Waals surface area contributed by atoms with Gasteiger partial charge in [0.05, 0.1) is 17.5 Å². The highest BCUT2D eigenvalue weighted by Gasteiger charge is 2.43. The van der Waals surface area contributed by atoms with Gasteiger partial charge in [-0.2, -0.15) is 5.10 Å². The zero-order valence-corrected chi connectivity index (χ0v) is 19.1. The molecule has 1 aliphatic heterocycles. The Hall–Kier alpha value is -3.39. The Morgan fingerprint density at radius 1 is 1.03 bits per heavy atom. The number of hydrogen-bond acceptors (Lipinski definition) is 5. The summed E-state index contributed by atoms with van der Waals surface area (Å²) in [6.45, 7) is 0. The molecule has 1 fully saturated rings. The number of hydrazone groups is 1. The Labute approximate surface area is 200 Å². The van der Waals surface area contributed by atoms with Crippen molar-refractivity contribution in [2.75, 3.05) is 5.75 Å². The number of halogens is 2. The van der Waals surface area contributed by atoms with Gasteiger partial charge in [0.15, 0.2) is 5.16 Å². The molecule has 172 valence electrons. The lowest BCUT2D eigenvalue weighted by molar-refractivity contribution is -0.130. The maximum absolute atomic E-state index is 13.6. The van der Waals surface area contributed by atoms with Crippen LogP contribution in [0.4, 0.5) is 8.78 Å². The fourth-order valence-electron chi connectivity index (χ4n) is 4.51. The van der Waals surface area contributed by atoms with Crippen molar-refractivity contribution in [3.8, 4) is 0 Å². The number of rotatable bonds is 5. The standard InChI is InChI=1S/C26H22F2N4OS/c27-20-9-5-17(6-10-20)15-19-3-1-4-22-24(19)31-32(25(22)18-7-11-21(28)12-8-18)23(33)16-34-26-29-13-2-14-30-26/h2,5-15,22,25H,1,3-4,16H2. The molecule has 2 aromatic carbocycles. The molecule has 2 heterocycles. The second-order valence-corrected chi connectivity index (χ2v) is 9.20. The van der Waals surface area contributed by atoms with E-state index < -0.39 is 0 Å². The van der Waals surface area contributed by atoms with E-state index in [1.807, 2.05) is 6.08 Å². The van der Waals surface area contributed by atoms with Crippen LogP contribution in [0.15, 0.2) is 82.8 Å². The van der Waals surface area contributed by atoms with Crippen molar-refractivity contribution in [2.45, 2.75) is 30.5 Å². The molecule has 5 rings (SSSR count).